The molecule has 2 N–H and O–H groups in total. The second-order valence-electron chi connectivity index (χ2n) is 2.56. The van der Waals surface area contributed by atoms with Gasteiger partial charge in [-0.05, 0) is 23.8 Å². The standard InChI is InChI=1S/C9H8ClNO/c10-8-1-2-9-6(3-4-12-9)7(8)5-11/h1-4H,5,11H2. The van der Waals surface area contributed by atoms with E-state index in [4.69, 9.17) is 21.8 Å². The van der Waals surface area contributed by atoms with Crippen LogP contribution >= 0.6 is 11.6 Å². The number of nitrogens with two attached hydrogens (primary N) is 1. The van der Waals surface area contributed by atoms with Crippen LogP contribution in [0.1, 0.15) is 5.56 Å². The third-order valence-electron chi connectivity index (χ3n) is 1.89. The van der Waals surface area contributed by atoms with E-state index in [-0.39, 0.29) is 0 Å². The normalized spacial score (nSPS) is 10.8. The van der Waals surface area contributed by atoms with Crippen LogP contribution in [0.15, 0.2) is 28.9 Å². The van der Waals surface area contributed by atoms with Gasteiger partial charge in [-0.2, -0.15) is 0 Å². The lowest BCUT2D eigenvalue weighted by atomic mass is 10.1. The maximum atomic E-state index is 5.94. The predicted molar refractivity (Wildman–Crippen MR) is 49.1 cm³/mol. The summed E-state index contributed by atoms with van der Waals surface area (Å²) < 4.78 is 5.20. The summed E-state index contributed by atoms with van der Waals surface area (Å²) in [6.07, 6.45) is 1.64. The summed E-state index contributed by atoms with van der Waals surface area (Å²) >= 11 is 5.94. The SMILES string of the molecule is NCc1c(Cl)ccc2occc12. The first kappa shape index (κ1) is 7.65. The van der Waals surface area contributed by atoms with E-state index in [9.17, 15) is 0 Å². The molecule has 0 atom stereocenters. The van der Waals surface area contributed by atoms with Crippen LogP contribution in [0.3, 0.4) is 0 Å². The fraction of sp³-hybridized carbons (Fsp3) is 0.111. The molecule has 62 valence electrons. The van der Waals surface area contributed by atoms with E-state index in [1.54, 1.807) is 12.3 Å². The van der Waals surface area contributed by atoms with Crippen molar-refractivity contribution < 1.29 is 4.42 Å². The maximum Gasteiger partial charge on any atom is 0.134 e. The Morgan fingerprint density at radius 1 is 1.33 bits per heavy atom. The summed E-state index contributed by atoms with van der Waals surface area (Å²) in [6, 6.07) is 5.52. The first-order valence-corrected chi connectivity index (χ1v) is 4.05. The Bertz CT molecular complexity index is 408. The van der Waals surface area contributed by atoms with Gasteiger partial charge in [-0.1, -0.05) is 11.6 Å². The molecular formula is C9H8ClNO. The Hall–Kier alpha value is -0.990. The molecule has 1 aromatic carbocycles. The highest BCUT2D eigenvalue weighted by Gasteiger charge is 2.05. The van der Waals surface area contributed by atoms with Crippen molar-refractivity contribution in [2.45, 2.75) is 6.54 Å². The molecule has 0 radical (unpaired) electrons. The highest BCUT2D eigenvalue weighted by molar-refractivity contribution is 6.32. The highest BCUT2D eigenvalue weighted by Crippen LogP contribution is 2.26. The van der Waals surface area contributed by atoms with Gasteiger partial charge in [0.15, 0.2) is 0 Å². The van der Waals surface area contributed by atoms with E-state index in [2.05, 4.69) is 0 Å². The zero-order valence-corrected chi connectivity index (χ0v) is 7.14. The van der Waals surface area contributed by atoms with Crippen molar-refractivity contribution in [1.29, 1.82) is 0 Å². The van der Waals surface area contributed by atoms with Crippen LogP contribution in [-0.2, 0) is 6.54 Å². The van der Waals surface area contributed by atoms with Crippen LogP contribution in [0.4, 0.5) is 0 Å². The van der Waals surface area contributed by atoms with E-state index in [1.807, 2.05) is 12.1 Å². The fourth-order valence-electron chi connectivity index (χ4n) is 1.28. The minimum atomic E-state index is 0.440. The minimum absolute atomic E-state index is 0.440. The fourth-order valence-corrected chi connectivity index (χ4v) is 1.53. The van der Waals surface area contributed by atoms with Gasteiger partial charge in [-0.3, -0.25) is 0 Å². The number of hydrogen-bond donors (Lipinski definition) is 1. The molecule has 0 saturated carbocycles. The summed E-state index contributed by atoms with van der Waals surface area (Å²) in [5.74, 6) is 0. The average molecular weight is 182 g/mol. The van der Waals surface area contributed by atoms with Crippen molar-refractivity contribution in [2.75, 3.05) is 0 Å². The Balaban J connectivity index is 2.83. The second-order valence-corrected chi connectivity index (χ2v) is 2.97. The molecule has 0 aliphatic heterocycles. The number of benzene rings is 1. The van der Waals surface area contributed by atoms with Crippen LogP contribution < -0.4 is 5.73 Å². The Morgan fingerprint density at radius 2 is 2.17 bits per heavy atom. The molecule has 0 aliphatic carbocycles. The zero-order chi connectivity index (χ0) is 8.55. The van der Waals surface area contributed by atoms with Gasteiger partial charge in [0.2, 0.25) is 0 Å². The number of fused-ring (bicyclic) bond motifs is 1. The van der Waals surface area contributed by atoms with Gasteiger partial charge in [0.25, 0.3) is 0 Å². The van der Waals surface area contributed by atoms with Crippen molar-refractivity contribution >= 4 is 22.6 Å². The minimum Gasteiger partial charge on any atom is -0.464 e. The molecule has 12 heavy (non-hydrogen) atoms. The zero-order valence-electron chi connectivity index (χ0n) is 6.38. The van der Waals surface area contributed by atoms with Crippen LogP contribution in [0, 0.1) is 0 Å². The van der Waals surface area contributed by atoms with E-state index >= 15 is 0 Å². The third-order valence-corrected chi connectivity index (χ3v) is 2.25. The molecule has 0 bridgehead atoms. The van der Waals surface area contributed by atoms with Gasteiger partial charge in [0.1, 0.15) is 5.58 Å². The molecule has 2 rings (SSSR count). The highest BCUT2D eigenvalue weighted by atomic mass is 35.5. The second kappa shape index (κ2) is 2.81. The topological polar surface area (TPSA) is 39.2 Å². The lowest BCUT2D eigenvalue weighted by Gasteiger charge is -2.00. The van der Waals surface area contributed by atoms with Gasteiger partial charge >= 0.3 is 0 Å². The molecular weight excluding hydrogens is 174 g/mol. The van der Waals surface area contributed by atoms with Gasteiger partial charge in [0.05, 0.1) is 6.26 Å². The average Bonchev–Trinajstić information content (AvgIpc) is 2.52. The Morgan fingerprint density at radius 3 is 2.92 bits per heavy atom. The van der Waals surface area contributed by atoms with Gasteiger partial charge in [0, 0.05) is 17.0 Å². The van der Waals surface area contributed by atoms with E-state index in [0.29, 0.717) is 11.6 Å². The van der Waals surface area contributed by atoms with Crippen molar-refractivity contribution in [3.63, 3.8) is 0 Å². The summed E-state index contributed by atoms with van der Waals surface area (Å²) in [5.41, 5.74) is 7.33. The van der Waals surface area contributed by atoms with Gasteiger partial charge in [-0.25, -0.2) is 0 Å². The van der Waals surface area contributed by atoms with Crippen LogP contribution in [0.2, 0.25) is 5.02 Å². The van der Waals surface area contributed by atoms with Gasteiger partial charge in [-0.15, -0.1) is 0 Å². The summed E-state index contributed by atoms with van der Waals surface area (Å²) in [6.45, 7) is 0.440. The molecule has 1 aromatic heterocycles. The van der Waals surface area contributed by atoms with Crippen LogP contribution in [0.25, 0.3) is 11.0 Å². The number of halogens is 1. The lowest BCUT2D eigenvalue weighted by Crippen LogP contribution is -1.97. The Labute approximate surface area is 74.9 Å². The third kappa shape index (κ3) is 1.00. The number of hydrogen-bond acceptors (Lipinski definition) is 2. The van der Waals surface area contributed by atoms with Crippen molar-refractivity contribution in [1.82, 2.24) is 0 Å². The van der Waals surface area contributed by atoms with Crippen LogP contribution in [-0.4, -0.2) is 0 Å². The maximum absolute atomic E-state index is 5.94. The smallest absolute Gasteiger partial charge is 0.134 e. The van der Waals surface area contributed by atoms with Crippen molar-refractivity contribution in [3.05, 3.63) is 35.0 Å². The molecule has 2 aromatic rings. The monoisotopic (exact) mass is 181 g/mol. The molecule has 2 nitrogen and oxygen atoms in total. The van der Waals surface area contributed by atoms with Crippen molar-refractivity contribution in [2.24, 2.45) is 5.73 Å². The summed E-state index contributed by atoms with van der Waals surface area (Å²) in [4.78, 5) is 0. The molecule has 0 unspecified atom stereocenters. The van der Waals surface area contributed by atoms with Crippen LogP contribution in [0.5, 0.6) is 0 Å². The molecule has 3 heteroatoms. The summed E-state index contributed by atoms with van der Waals surface area (Å²) in [5, 5.41) is 1.71. The van der Waals surface area contributed by atoms with E-state index in [0.717, 1.165) is 16.5 Å². The quantitative estimate of drug-likeness (QED) is 0.735. The molecule has 0 saturated heterocycles. The van der Waals surface area contributed by atoms with Gasteiger partial charge < -0.3 is 10.2 Å². The predicted octanol–water partition coefficient (Wildman–Crippen LogP) is 2.54. The molecule has 0 aliphatic rings. The number of furan rings is 1. The van der Waals surface area contributed by atoms with E-state index in [1.165, 1.54) is 0 Å². The lowest BCUT2D eigenvalue weighted by molar-refractivity contribution is 0.615. The van der Waals surface area contributed by atoms with Crippen molar-refractivity contribution in [3.8, 4) is 0 Å². The largest absolute Gasteiger partial charge is 0.464 e. The molecule has 0 fully saturated rings. The Kier molecular flexibility index (Phi) is 1.79. The molecule has 1 heterocycles. The first-order valence-electron chi connectivity index (χ1n) is 3.67. The summed E-state index contributed by atoms with van der Waals surface area (Å²) in [7, 11) is 0. The first-order chi connectivity index (χ1) is 5.83. The number of rotatable bonds is 1. The molecule has 0 spiro atoms. The van der Waals surface area contributed by atoms with E-state index < -0.39 is 0 Å². The molecule has 0 amide bonds.